The highest BCUT2D eigenvalue weighted by atomic mass is 16.3. The summed E-state index contributed by atoms with van der Waals surface area (Å²) in [5.41, 5.74) is 0. The lowest BCUT2D eigenvalue weighted by molar-refractivity contribution is -0.870. The van der Waals surface area contributed by atoms with Gasteiger partial charge in [-0.05, 0) is 0 Å². The third-order valence-electron chi connectivity index (χ3n) is 0.771. The molecule has 2 nitrogen and oxygen atoms in total. The SMILES string of the molecule is C[N+](C)(C)CCO.[11CH4]. The van der Waals surface area contributed by atoms with Crippen LogP contribution in [-0.2, 0) is 0 Å². The molecule has 0 aliphatic rings. The van der Waals surface area contributed by atoms with Crippen LogP contribution in [0.2, 0.25) is 0 Å². The van der Waals surface area contributed by atoms with Crippen molar-refractivity contribution in [3.8, 4) is 0 Å². The molecule has 52 valence electrons. The molecule has 0 fully saturated rings. The lowest BCUT2D eigenvalue weighted by atomic mass is 10.5. The van der Waals surface area contributed by atoms with Gasteiger partial charge in [-0.15, -0.1) is 0 Å². The van der Waals surface area contributed by atoms with Gasteiger partial charge in [-0.3, -0.25) is 0 Å². The van der Waals surface area contributed by atoms with Crippen molar-refractivity contribution in [3.63, 3.8) is 0 Å². The second-order valence-corrected chi connectivity index (χ2v) is 2.74. The van der Waals surface area contributed by atoms with E-state index in [1.807, 2.05) is 0 Å². The van der Waals surface area contributed by atoms with Crippen molar-refractivity contribution in [1.82, 2.24) is 0 Å². The highest BCUT2D eigenvalue weighted by Gasteiger charge is 2.02. The van der Waals surface area contributed by atoms with Gasteiger partial charge in [-0.25, -0.2) is 0 Å². The van der Waals surface area contributed by atoms with E-state index in [2.05, 4.69) is 21.1 Å². The van der Waals surface area contributed by atoms with Gasteiger partial charge < -0.3 is 9.59 Å². The Bertz CT molecular complexity index is 47.0. The van der Waals surface area contributed by atoms with E-state index >= 15 is 0 Å². The molecular formula is C6H18NO+. The molecule has 1 N–H and O–H groups in total. The third kappa shape index (κ3) is 9.33. The van der Waals surface area contributed by atoms with Crippen LogP contribution in [-0.4, -0.2) is 43.9 Å². The van der Waals surface area contributed by atoms with Crippen molar-refractivity contribution in [2.75, 3.05) is 34.3 Å². The van der Waals surface area contributed by atoms with Crippen LogP contribution in [0.5, 0.6) is 0 Å². The van der Waals surface area contributed by atoms with Crippen molar-refractivity contribution in [2.45, 2.75) is 7.43 Å². The molecule has 0 atom stereocenters. The fourth-order valence-electron chi connectivity index (χ4n) is 0.300. The van der Waals surface area contributed by atoms with E-state index < -0.39 is 0 Å². The first-order valence-corrected chi connectivity index (χ1v) is 2.47. The maximum Gasteiger partial charge on any atom is 0.101 e. The van der Waals surface area contributed by atoms with Crippen molar-refractivity contribution < 1.29 is 9.59 Å². The molecule has 8 heavy (non-hydrogen) atoms. The summed E-state index contributed by atoms with van der Waals surface area (Å²) in [4.78, 5) is 0. The third-order valence-corrected chi connectivity index (χ3v) is 0.771. The van der Waals surface area contributed by atoms with Gasteiger partial charge in [0.15, 0.2) is 0 Å². The number of rotatable bonds is 2. The highest BCUT2D eigenvalue weighted by Crippen LogP contribution is 1.84. The van der Waals surface area contributed by atoms with Gasteiger partial charge in [-0.1, -0.05) is 7.43 Å². The van der Waals surface area contributed by atoms with Gasteiger partial charge in [0.2, 0.25) is 0 Å². The smallest absolute Gasteiger partial charge is 0.101 e. The summed E-state index contributed by atoms with van der Waals surface area (Å²) in [6.45, 7) is 1.11. The minimum absolute atomic E-state index is 0. The first-order valence-electron chi connectivity index (χ1n) is 2.47. The van der Waals surface area contributed by atoms with Gasteiger partial charge in [0.05, 0.1) is 27.7 Å². The average Bonchev–Trinajstić information content (AvgIpc) is 1.30. The monoisotopic (exact) mass is 119 g/mol. The largest absolute Gasteiger partial charge is 0.391 e. The fraction of sp³-hybridized carbons (Fsp3) is 1.00. The summed E-state index contributed by atoms with van der Waals surface area (Å²) in [5.74, 6) is 0. The number of aliphatic hydroxyl groups excluding tert-OH is 1. The molecule has 0 spiro atoms. The lowest BCUT2D eigenvalue weighted by Gasteiger charge is -2.21. The van der Waals surface area contributed by atoms with E-state index in [0.717, 1.165) is 11.0 Å². The van der Waals surface area contributed by atoms with Crippen LogP contribution in [0.1, 0.15) is 7.43 Å². The fourth-order valence-corrected chi connectivity index (χ4v) is 0.300. The number of quaternary nitrogens is 1. The minimum atomic E-state index is 0. The molecule has 0 aliphatic heterocycles. The van der Waals surface area contributed by atoms with Crippen LogP contribution in [0.3, 0.4) is 0 Å². The zero-order chi connectivity index (χ0) is 5.91. The number of hydrogen-bond acceptors (Lipinski definition) is 1. The van der Waals surface area contributed by atoms with Crippen molar-refractivity contribution in [2.24, 2.45) is 0 Å². The minimum Gasteiger partial charge on any atom is -0.391 e. The Hall–Kier alpha value is -0.0800. The summed E-state index contributed by atoms with van der Waals surface area (Å²) in [6, 6.07) is 0. The van der Waals surface area contributed by atoms with E-state index in [-0.39, 0.29) is 14.0 Å². The Labute approximate surface area is 52.3 Å². The Morgan fingerprint density at radius 1 is 1.25 bits per heavy atom. The molecule has 0 radical (unpaired) electrons. The van der Waals surface area contributed by atoms with Gasteiger partial charge in [0, 0.05) is 0 Å². The summed E-state index contributed by atoms with van der Waals surface area (Å²) in [6.07, 6.45) is 0. The van der Waals surface area contributed by atoms with E-state index in [1.54, 1.807) is 0 Å². The summed E-state index contributed by atoms with van der Waals surface area (Å²) in [5, 5.41) is 8.39. The Morgan fingerprint density at radius 3 is 1.62 bits per heavy atom. The Kier molecular flexibility index (Phi) is 5.23. The quantitative estimate of drug-likeness (QED) is 0.519. The molecule has 0 rings (SSSR count). The second-order valence-electron chi connectivity index (χ2n) is 2.74. The maximum absolute atomic E-state index is 8.39. The summed E-state index contributed by atoms with van der Waals surface area (Å²) >= 11 is 0. The predicted octanol–water partition coefficient (Wildman–Crippen LogP) is 0.321. The predicted molar refractivity (Wildman–Crippen MR) is 36.7 cm³/mol. The number of nitrogens with zero attached hydrogens (tertiary/aromatic N) is 1. The molecule has 0 unspecified atom stereocenters. The van der Waals surface area contributed by atoms with Crippen LogP contribution >= 0.6 is 0 Å². The van der Waals surface area contributed by atoms with Crippen LogP contribution < -0.4 is 0 Å². The van der Waals surface area contributed by atoms with E-state index in [0.29, 0.717) is 0 Å². The van der Waals surface area contributed by atoms with Gasteiger partial charge >= 0.3 is 0 Å². The molecule has 0 aromatic heterocycles. The van der Waals surface area contributed by atoms with Crippen molar-refractivity contribution >= 4 is 0 Å². The second kappa shape index (κ2) is 3.87. The molecule has 0 amide bonds. The van der Waals surface area contributed by atoms with E-state index in [9.17, 15) is 0 Å². The van der Waals surface area contributed by atoms with Crippen molar-refractivity contribution in [3.05, 3.63) is 0 Å². The van der Waals surface area contributed by atoms with Crippen LogP contribution in [0.15, 0.2) is 0 Å². The number of hydrogen-bond donors (Lipinski definition) is 1. The van der Waals surface area contributed by atoms with Crippen LogP contribution in [0.4, 0.5) is 0 Å². The summed E-state index contributed by atoms with van der Waals surface area (Å²) in [7, 11) is 6.16. The molecule has 0 aromatic carbocycles. The Morgan fingerprint density at radius 2 is 1.62 bits per heavy atom. The van der Waals surface area contributed by atoms with Gasteiger partial charge in [0.1, 0.15) is 6.54 Å². The molecule has 0 saturated carbocycles. The number of likely N-dealkylation sites (N-methyl/N-ethyl adjacent to an activating group) is 1. The van der Waals surface area contributed by atoms with Crippen LogP contribution in [0, 0.1) is 0 Å². The zero-order valence-electron chi connectivity index (χ0n) is 5.31. The maximum atomic E-state index is 8.39. The van der Waals surface area contributed by atoms with Gasteiger partial charge in [0.25, 0.3) is 0 Å². The zero-order valence-corrected chi connectivity index (χ0v) is 5.31. The van der Waals surface area contributed by atoms with Gasteiger partial charge in [-0.2, -0.15) is 0 Å². The molecule has 0 saturated heterocycles. The standard InChI is InChI=1S/C5H14NO.CH4/c1-6(2,3)4-5-7;/h7H,4-5H2,1-3H3;1H4/q+1;/i;1-1. The average molecular weight is 119 g/mol. The lowest BCUT2D eigenvalue weighted by Crippen LogP contribution is -2.36. The molecule has 0 aromatic rings. The summed E-state index contributed by atoms with van der Waals surface area (Å²) < 4.78 is 0.844. The highest BCUT2D eigenvalue weighted by molar-refractivity contribution is 4.19. The Balaban J connectivity index is 0. The topological polar surface area (TPSA) is 20.2 Å². The molecule has 0 heterocycles. The molecular weight excluding hydrogens is 101 g/mol. The molecule has 2 heteroatoms. The van der Waals surface area contributed by atoms with E-state index in [4.69, 9.17) is 5.11 Å². The van der Waals surface area contributed by atoms with Crippen molar-refractivity contribution in [1.29, 1.82) is 0 Å². The normalized spacial score (nSPS) is 10.5. The molecule has 0 aliphatic carbocycles. The van der Waals surface area contributed by atoms with E-state index in [1.165, 1.54) is 0 Å². The number of aliphatic hydroxyl groups is 1. The first kappa shape index (κ1) is 10.8. The first-order chi connectivity index (χ1) is 3.06. The molecule has 0 bridgehead atoms. The van der Waals surface area contributed by atoms with Crippen LogP contribution in [0.25, 0.3) is 0 Å².